The molecular formula is C14H20N4O2S. The number of hydrogen-bond donors (Lipinski definition) is 1. The van der Waals surface area contributed by atoms with E-state index in [1.54, 1.807) is 0 Å². The van der Waals surface area contributed by atoms with Crippen molar-refractivity contribution in [3.8, 4) is 0 Å². The number of thiocarbonyl (C=S) groups is 1. The van der Waals surface area contributed by atoms with Crippen molar-refractivity contribution in [1.82, 2.24) is 9.88 Å². The Bertz CT molecular complexity index is 515. The molecule has 1 aromatic rings. The van der Waals surface area contributed by atoms with E-state index in [2.05, 4.69) is 19.5 Å². The monoisotopic (exact) mass is 308 g/mol. The first-order valence-electron chi connectivity index (χ1n) is 6.91. The quantitative estimate of drug-likeness (QED) is 0.623. The van der Waals surface area contributed by atoms with Gasteiger partial charge in [-0.3, -0.25) is 9.69 Å². The molecule has 2 heterocycles. The van der Waals surface area contributed by atoms with E-state index in [9.17, 15) is 4.79 Å². The molecule has 0 aromatic carbocycles. The number of nitrogens with zero attached hydrogens (tertiary/aromatic N) is 3. The predicted molar refractivity (Wildman–Crippen MR) is 85.4 cm³/mol. The number of esters is 1. The summed E-state index contributed by atoms with van der Waals surface area (Å²) < 4.78 is 4.66. The predicted octanol–water partition coefficient (Wildman–Crippen LogP) is 0.401. The maximum absolute atomic E-state index is 11.1. The SMILES string of the molecule is COC(=O)CCN1CCN(c2cccc(C(N)=S)n2)CC1. The first kappa shape index (κ1) is 15.7. The Morgan fingerprint density at radius 1 is 1.38 bits per heavy atom. The van der Waals surface area contributed by atoms with E-state index >= 15 is 0 Å². The van der Waals surface area contributed by atoms with E-state index in [1.807, 2.05) is 18.2 Å². The van der Waals surface area contributed by atoms with Crippen molar-refractivity contribution in [2.45, 2.75) is 6.42 Å². The average Bonchev–Trinajstić information content (AvgIpc) is 2.53. The lowest BCUT2D eigenvalue weighted by Gasteiger charge is -2.35. The van der Waals surface area contributed by atoms with E-state index in [-0.39, 0.29) is 5.97 Å². The van der Waals surface area contributed by atoms with Crippen LogP contribution in [-0.2, 0) is 9.53 Å². The number of methoxy groups -OCH3 is 1. The number of hydrogen-bond acceptors (Lipinski definition) is 6. The second-order valence-electron chi connectivity index (χ2n) is 4.90. The largest absolute Gasteiger partial charge is 0.469 e. The summed E-state index contributed by atoms with van der Waals surface area (Å²) in [4.78, 5) is 20.4. The van der Waals surface area contributed by atoms with Gasteiger partial charge in [0.05, 0.1) is 19.2 Å². The van der Waals surface area contributed by atoms with Crippen LogP contribution in [0.4, 0.5) is 5.82 Å². The first-order chi connectivity index (χ1) is 10.1. The Hall–Kier alpha value is -1.73. The summed E-state index contributed by atoms with van der Waals surface area (Å²) in [5, 5.41) is 0. The minimum absolute atomic E-state index is 0.164. The number of carbonyl (C=O) groups excluding carboxylic acids is 1. The fourth-order valence-electron chi connectivity index (χ4n) is 2.29. The maximum atomic E-state index is 11.1. The zero-order valence-electron chi connectivity index (χ0n) is 12.1. The number of piperazine rings is 1. The number of anilines is 1. The molecule has 0 radical (unpaired) electrons. The van der Waals surface area contributed by atoms with Gasteiger partial charge in [-0.05, 0) is 12.1 Å². The highest BCUT2D eigenvalue weighted by Crippen LogP contribution is 2.14. The summed E-state index contributed by atoms with van der Waals surface area (Å²) >= 11 is 4.96. The summed E-state index contributed by atoms with van der Waals surface area (Å²) in [6.07, 6.45) is 0.436. The number of rotatable bonds is 5. The molecule has 0 atom stereocenters. The first-order valence-corrected chi connectivity index (χ1v) is 7.32. The van der Waals surface area contributed by atoms with Crippen molar-refractivity contribution >= 4 is 29.0 Å². The summed E-state index contributed by atoms with van der Waals surface area (Å²) in [5.74, 6) is 0.733. The topological polar surface area (TPSA) is 71.7 Å². The Kier molecular flexibility index (Phi) is 5.46. The van der Waals surface area contributed by atoms with Crippen LogP contribution >= 0.6 is 12.2 Å². The van der Waals surface area contributed by atoms with E-state index in [4.69, 9.17) is 18.0 Å². The van der Waals surface area contributed by atoms with Gasteiger partial charge in [0.25, 0.3) is 0 Å². The number of nitrogens with two attached hydrogens (primary N) is 1. The zero-order chi connectivity index (χ0) is 15.2. The Labute approximate surface area is 129 Å². The molecule has 1 fully saturated rings. The van der Waals surface area contributed by atoms with Gasteiger partial charge in [-0.15, -0.1) is 0 Å². The van der Waals surface area contributed by atoms with Crippen molar-refractivity contribution in [2.24, 2.45) is 5.73 Å². The van der Waals surface area contributed by atoms with Gasteiger partial charge in [-0.25, -0.2) is 4.98 Å². The smallest absolute Gasteiger partial charge is 0.306 e. The van der Waals surface area contributed by atoms with Crippen LogP contribution in [0.15, 0.2) is 18.2 Å². The molecule has 0 aliphatic carbocycles. The van der Waals surface area contributed by atoms with E-state index in [1.165, 1.54) is 7.11 Å². The van der Waals surface area contributed by atoms with E-state index in [0.29, 0.717) is 17.1 Å². The third kappa shape index (κ3) is 4.37. The number of aromatic nitrogens is 1. The van der Waals surface area contributed by atoms with Crippen LogP contribution in [0.25, 0.3) is 0 Å². The molecule has 0 unspecified atom stereocenters. The molecular weight excluding hydrogens is 288 g/mol. The van der Waals surface area contributed by atoms with Crippen LogP contribution in [0, 0.1) is 0 Å². The van der Waals surface area contributed by atoms with Crippen LogP contribution < -0.4 is 10.6 Å². The highest BCUT2D eigenvalue weighted by atomic mass is 32.1. The van der Waals surface area contributed by atoms with Gasteiger partial charge in [0, 0.05) is 32.7 Å². The molecule has 0 saturated carbocycles. The Balaban J connectivity index is 1.87. The maximum Gasteiger partial charge on any atom is 0.306 e. The van der Waals surface area contributed by atoms with Crippen LogP contribution in [0.5, 0.6) is 0 Å². The van der Waals surface area contributed by atoms with Crippen LogP contribution in [0.1, 0.15) is 12.1 Å². The molecule has 114 valence electrons. The molecule has 7 heteroatoms. The van der Waals surface area contributed by atoms with Crippen LogP contribution in [0.3, 0.4) is 0 Å². The summed E-state index contributed by atoms with van der Waals surface area (Å²) in [6, 6.07) is 5.70. The van der Waals surface area contributed by atoms with Gasteiger partial charge in [0.2, 0.25) is 0 Å². The van der Waals surface area contributed by atoms with Crippen LogP contribution in [0.2, 0.25) is 0 Å². The van der Waals surface area contributed by atoms with Gasteiger partial charge in [-0.2, -0.15) is 0 Å². The number of pyridine rings is 1. The summed E-state index contributed by atoms with van der Waals surface area (Å²) in [6.45, 7) is 4.27. The van der Waals surface area contributed by atoms with Crippen molar-refractivity contribution in [3.05, 3.63) is 23.9 Å². The second-order valence-corrected chi connectivity index (χ2v) is 5.34. The molecule has 1 aliphatic heterocycles. The molecule has 2 rings (SSSR count). The Morgan fingerprint density at radius 3 is 2.71 bits per heavy atom. The molecule has 21 heavy (non-hydrogen) atoms. The number of ether oxygens (including phenoxy) is 1. The molecule has 2 N–H and O–H groups in total. The highest BCUT2D eigenvalue weighted by molar-refractivity contribution is 7.80. The van der Waals surface area contributed by atoms with Gasteiger partial charge >= 0.3 is 5.97 Å². The van der Waals surface area contributed by atoms with Gasteiger partial charge < -0.3 is 15.4 Å². The summed E-state index contributed by atoms with van der Waals surface area (Å²) in [5.41, 5.74) is 6.26. The summed E-state index contributed by atoms with van der Waals surface area (Å²) in [7, 11) is 1.42. The third-order valence-electron chi connectivity index (χ3n) is 3.54. The van der Waals surface area contributed by atoms with Crippen molar-refractivity contribution in [3.63, 3.8) is 0 Å². The molecule has 0 amide bonds. The lowest BCUT2D eigenvalue weighted by molar-refractivity contribution is -0.141. The molecule has 1 aromatic heterocycles. The Morgan fingerprint density at radius 2 is 2.10 bits per heavy atom. The lowest BCUT2D eigenvalue weighted by Crippen LogP contribution is -2.47. The normalized spacial score (nSPS) is 15.8. The third-order valence-corrected chi connectivity index (χ3v) is 3.75. The van der Waals surface area contributed by atoms with E-state index in [0.717, 1.165) is 38.5 Å². The van der Waals surface area contributed by atoms with Gasteiger partial charge in [-0.1, -0.05) is 18.3 Å². The second kappa shape index (κ2) is 7.33. The zero-order valence-corrected chi connectivity index (χ0v) is 12.9. The van der Waals surface area contributed by atoms with E-state index < -0.39 is 0 Å². The number of carbonyl (C=O) groups is 1. The fraction of sp³-hybridized carbons (Fsp3) is 0.500. The molecule has 0 bridgehead atoms. The minimum atomic E-state index is -0.164. The molecule has 1 saturated heterocycles. The molecule has 0 spiro atoms. The van der Waals surface area contributed by atoms with Gasteiger partial charge in [0.1, 0.15) is 10.8 Å². The molecule has 1 aliphatic rings. The van der Waals surface area contributed by atoms with Crippen molar-refractivity contribution < 1.29 is 9.53 Å². The highest BCUT2D eigenvalue weighted by Gasteiger charge is 2.19. The fourth-order valence-corrected chi connectivity index (χ4v) is 2.40. The van der Waals surface area contributed by atoms with Gasteiger partial charge in [0.15, 0.2) is 0 Å². The molecule has 6 nitrogen and oxygen atoms in total. The lowest BCUT2D eigenvalue weighted by atomic mass is 10.2. The van der Waals surface area contributed by atoms with Crippen molar-refractivity contribution in [2.75, 3.05) is 44.7 Å². The average molecular weight is 308 g/mol. The standard InChI is InChI=1S/C14H20N4O2S/c1-20-13(19)5-6-17-7-9-18(10-8-17)12-4-2-3-11(16-12)14(15)21/h2-4H,5-10H2,1H3,(H2,15,21). The van der Waals surface area contributed by atoms with Crippen molar-refractivity contribution in [1.29, 1.82) is 0 Å². The minimum Gasteiger partial charge on any atom is -0.469 e. The van der Waals surface area contributed by atoms with Crippen LogP contribution in [-0.4, -0.2) is 60.7 Å².